The Morgan fingerprint density at radius 2 is 1.50 bits per heavy atom. The molecule has 1 fully saturated rings. The Hall–Kier alpha value is -1.12. The van der Waals surface area contributed by atoms with E-state index in [0.717, 1.165) is 13.2 Å². The van der Waals surface area contributed by atoms with Crippen molar-refractivity contribution < 1.29 is 9.47 Å². The first kappa shape index (κ1) is 15.8. The van der Waals surface area contributed by atoms with Crippen molar-refractivity contribution in [1.82, 2.24) is 0 Å². The Labute approximate surface area is 139 Å². The molecule has 1 saturated heterocycles. The topological polar surface area (TPSA) is 18.5 Å². The van der Waals surface area contributed by atoms with Crippen molar-refractivity contribution in [1.29, 1.82) is 0 Å². The number of ether oxygens (including phenoxy) is 2. The summed E-state index contributed by atoms with van der Waals surface area (Å²) in [7, 11) is 0. The van der Waals surface area contributed by atoms with Crippen LogP contribution in [0, 0.1) is 0 Å². The zero-order chi connectivity index (χ0) is 15.0. The average molecular weight is 361 g/mol. The molecule has 1 aliphatic heterocycles. The molecule has 116 valence electrons. The van der Waals surface area contributed by atoms with Crippen LogP contribution in [0.2, 0.25) is 10.1 Å². The van der Waals surface area contributed by atoms with E-state index in [1.54, 1.807) is 0 Å². The van der Waals surface area contributed by atoms with Crippen LogP contribution in [0.5, 0.6) is 0 Å². The van der Waals surface area contributed by atoms with Gasteiger partial charge in [0.05, 0.1) is 0 Å². The minimum atomic E-state index is 0.371. The molecule has 0 aliphatic carbocycles. The summed E-state index contributed by atoms with van der Waals surface area (Å²) >= 11 is 0.651. The standard InChI is InChI=1S/C19H22O2Se/c1-3-7-16(8-4-1)13-20-15-19-18(11-12-22-19)21-14-17-9-5-2-6-10-17/h1-10,18-19H,11-15H2/t18-,19+/m0/s1. The maximum absolute atomic E-state index is 6.14. The van der Waals surface area contributed by atoms with E-state index in [4.69, 9.17) is 9.47 Å². The zero-order valence-corrected chi connectivity index (χ0v) is 14.4. The molecule has 0 spiro atoms. The molecule has 2 atom stereocenters. The second-order valence-corrected chi connectivity index (χ2v) is 8.36. The fraction of sp³-hybridized carbons (Fsp3) is 0.368. The van der Waals surface area contributed by atoms with Crippen LogP contribution in [0.3, 0.4) is 0 Å². The van der Waals surface area contributed by atoms with Crippen LogP contribution >= 0.6 is 0 Å². The molecule has 2 aromatic rings. The molecule has 1 heterocycles. The molecule has 3 heteroatoms. The summed E-state index contributed by atoms with van der Waals surface area (Å²) in [4.78, 5) is 0.597. The van der Waals surface area contributed by atoms with Crippen LogP contribution in [0.4, 0.5) is 0 Å². The maximum atomic E-state index is 6.14. The first-order valence-electron chi connectivity index (χ1n) is 7.80. The van der Waals surface area contributed by atoms with Gasteiger partial charge in [-0.1, -0.05) is 0 Å². The summed E-state index contributed by atoms with van der Waals surface area (Å²) in [6.07, 6.45) is 1.56. The van der Waals surface area contributed by atoms with Gasteiger partial charge >= 0.3 is 139 Å². The Kier molecular flexibility index (Phi) is 6.09. The van der Waals surface area contributed by atoms with Crippen molar-refractivity contribution >= 4 is 15.0 Å². The Balaban J connectivity index is 1.42. The van der Waals surface area contributed by atoms with Crippen molar-refractivity contribution in [3.8, 4) is 0 Å². The first-order valence-corrected chi connectivity index (χ1v) is 10.0. The number of rotatable bonds is 7. The van der Waals surface area contributed by atoms with E-state index in [0.29, 0.717) is 32.5 Å². The first-order chi connectivity index (χ1) is 10.9. The summed E-state index contributed by atoms with van der Waals surface area (Å²) in [5.41, 5.74) is 2.50. The molecular formula is C19H22O2Se. The normalized spacial score (nSPS) is 21.1. The molecule has 2 nitrogen and oxygen atoms in total. The molecule has 3 rings (SSSR count). The van der Waals surface area contributed by atoms with E-state index in [2.05, 4.69) is 48.5 Å². The second-order valence-electron chi connectivity index (χ2n) is 5.53. The van der Waals surface area contributed by atoms with E-state index < -0.39 is 0 Å². The van der Waals surface area contributed by atoms with Crippen molar-refractivity contribution in [3.05, 3.63) is 71.8 Å². The van der Waals surface area contributed by atoms with Gasteiger partial charge in [-0.25, -0.2) is 0 Å². The molecule has 0 unspecified atom stereocenters. The predicted octanol–water partition coefficient (Wildman–Crippen LogP) is 4.10. The quantitative estimate of drug-likeness (QED) is 0.691. The van der Waals surface area contributed by atoms with Gasteiger partial charge in [-0.3, -0.25) is 0 Å². The van der Waals surface area contributed by atoms with Gasteiger partial charge in [-0.05, 0) is 0 Å². The SMILES string of the molecule is c1ccc(COC[C@H]2[Se]CC[C@@H]2OCc2ccccc2)cc1. The van der Waals surface area contributed by atoms with Crippen LogP contribution in [-0.4, -0.2) is 27.7 Å². The molecule has 0 saturated carbocycles. The van der Waals surface area contributed by atoms with Crippen LogP contribution in [0.15, 0.2) is 60.7 Å². The molecule has 0 amide bonds. The van der Waals surface area contributed by atoms with E-state index >= 15 is 0 Å². The third-order valence-electron chi connectivity index (χ3n) is 3.85. The number of benzene rings is 2. The van der Waals surface area contributed by atoms with E-state index in [9.17, 15) is 0 Å². The Bertz CT molecular complexity index is 544. The summed E-state index contributed by atoms with van der Waals surface area (Å²) in [6, 6.07) is 20.8. The predicted molar refractivity (Wildman–Crippen MR) is 90.0 cm³/mol. The molecule has 0 bridgehead atoms. The summed E-state index contributed by atoms with van der Waals surface area (Å²) in [6.45, 7) is 2.25. The molecule has 2 aromatic carbocycles. The molecule has 0 N–H and O–H groups in total. The Morgan fingerprint density at radius 3 is 2.18 bits per heavy atom. The van der Waals surface area contributed by atoms with Gasteiger partial charge in [0.25, 0.3) is 0 Å². The summed E-state index contributed by atoms with van der Waals surface area (Å²) < 4.78 is 12.1. The van der Waals surface area contributed by atoms with Gasteiger partial charge in [0.1, 0.15) is 0 Å². The fourth-order valence-electron chi connectivity index (χ4n) is 2.62. The van der Waals surface area contributed by atoms with E-state index in [-0.39, 0.29) is 0 Å². The summed E-state index contributed by atoms with van der Waals surface area (Å²) in [5.74, 6) is 0. The van der Waals surface area contributed by atoms with E-state index in [1.165, 1.54) is 22.9 Å². The van der Waals surface area contributed by atoms with Crippen molar-refractivity contribution in [3.63, 3.8) is 0 Å². The van der Waals surface area contributed by atoms with E-state index in [1.807, 2.05) is 12.1 Å². The zero-order valence-electron chi connectivity index (χ0n) is 12.7. The monoisotopic (exact) mass is 362 g/mol. The molecule has 1 aliphatic rings. The average Bonchev–Trinajstić information content (AvgIpc) is 3.02. The number of hydrogen-bond donors (Lipinski definition) is 0. The molecule has 0 aromatic heterocycles. The van der Waals surface area contributed by atoms with Crippen molar-refractivity contribution in [2.24, 2.45) is 0 Å². The fourth-order valence-corrected chi connectivity index (χ4v) is 5.33. The second kappa shape index (κ2) is 8.50. The van der Waals surface area contributed by atoms with Crippen molar-refractivity contribution in [2.45, 2.75) is 35.9 Å². The van der Waals surface area contributed by atoms with Crippen LogP contribution in [0.25, 0.3) is 0 Å². The number of hydrogen-bond acceptors (Lipinski definition) is 2. The van der Waals surface area contributed by atoms with Gasteiger partial charge in [-0.2, -0.15) is 0 Å². The molecule has 22 heavy (non-hydrogen) atoms. The Morgan fingerprint density at radius 1 is 0.864 bits per heavy atom. The van der Waals surface area contributed by atoms with Crippen LogP contribution in [-0.2, 0) is 22.7 Å². The molecular weight excluding hydrogens is 339 g/mol. The van der Waals surface area contributed by atoms with Gasteiger partial charge in [0.15, 0.2) is 0 Å². The van der Waals surface area contributed by atoms with Gasteiger partial charge in [-0.15, -0.1) is 0 Å². The van der Waals surface area contributed by atoms with Gasteiger partial charge < -0.3 is 0 Å². The van der Waals surface area contributed by atoms with Crippen LogP contribution in [0.1, 0.15) is 17.5 Å². The van der Waals surface area contributed by atoms with Crippen LogP contribution < -0.4 is 0 Å². The van der Waals surface area contributed by atoms with Gasteiger partial charge in [0, 0.05) is 0 Å². The minimum absolute atomic E-state index is 0.371. The third-order valence-corrected chi connectivity index (χ3v) is 6.66. The molecule has 0 radical (unpaired) electrons. The van der Waals surface area contributed by atoms with Crippen molar-refractivity contribution in [2.75, 3.05) is 6.61 Å². The summed E-state index contributed by atoms with van der Waals surface area (Å²) in [5, 5.41) is 1.31. The third kappa shape index (κ3) is 4.69. The van der Waals surface area contributed by atoms with Gasteiger partial charge in [0.2, 0.25) is 0 Å².